The maximum absolute atomic E-state index is 12.2. The second-order valence-electron chi connectivity index (χ2n) is 5.60. The summed E-state index contributed by atoms with van der Waals surface area (Å²) in [4.78, 5) is 23.5. The van der Waals surface area contributed by atoms with E-state index in [9.17, 15) is 19.8 Å². The number of amides is 1. The molecule has 21 heavy (non-hydrogen) atoms. The molecular formula is C15H20N2O4. The average Bonchev–Trinajstić information content (AvgIpc) is 2.88. The number of phenols is 1. The lowest BCUT2D eigenvalue weighted by molar-refractivity contribution is -0.142. The Morgan fingerprint density at radius 2 is 1.81 bits per heavy atom. The van der Waals surface area contributed by atoms with E-state index in [-0.39, 0.29) is 12.2 Å². The number of aromatic hydroxyl groups is 1. The number of carbonyl (C=O) groups excluding carboxylic acids is 1. The third-order valence-electron chi connectivity index (χ3n) is 3.93. The fraction of sp³-hybridized carbons (Fsp3) is 0.467. The molecule has 1 saturated carbocycles. The summed E-state index contributed by atoms with van der Waals surface area (Å²) in [6.45, 7) is 0. The minimum Gasteiger partial charge on any atom is -0.508 e. The number of carbonyl (C=O) groups is 2. The molecule has 5 N–H and O–H groups in total. The molecule has 1 atom stereocenters. The minimum atomic E-state index is -1.10. The third-order valence-corrected chi connectivity index (χ3v) is 3.93. The van der Waals surface area contributed by atoms with Gasteiger partial charge in [0.05, 0.1) is 5.54 Å². The van der Waals surface area contributed by atoms with Gasteiger partial charge in [-0.2, -0.15) is 0 Å². The summed E-state index contributed by atoms with van der Waals surface area (Å²) in [6.07, 6.45) is 3.10. The quantitative estimate of drug-likeness (QED) is 0.640. The maximum Gasteiger partial charge on any atom is 0.326 e. The third kappa shape index (κ3) is 3.72. The summed E-state index contributed by atoms with van der Waals surface area (Å²) >= 11 is 0. The van der Waals surface area contributed by atoms with Gasteiger partial charge in [-0.3, -0.25) is 4.79 Å². The molecule has 1 aromatic carbocycles. The first-order valence-electron chi connectivity index (χ1n) is 7.01. The standard InChI is InChI=1S/C15H20N2O4/c16-15(7-1-2-8-15)14(21)17-12(13(19)20)9-10-3-5-11(18)6-4-10/h3-6,12,18H,1-2,7-9,16H2,(H,17,21)(H,19,20)/t12-/m1/s1. The molecule has 6 heteroatoms. The molecule has 0 heterocycles. The molecule has 1 aliphatic rings. The van der Waals surface area contributed by atoms with Gasteiger partial charge in [0.2, 0.25) is 5.91 Å². The summed E-state index contributed by atoms with van der Waals surface area (Å²) in [7, 11) is 0. The lowest BCUT2D eigenvalue weighted by Crippen LogP contribution is -2.56. The Kier molecular flexibility index (Phi) is 4.47. The number of carboxylic acids is 1. The predicted molar refractivity (Wildman–Crippen MR) is 76.8 cm³/mol. The number of rotatable bonds is 5. The number of nitrogens with two attached hydrogens (primary N) is 1. The van der Waals surface area contributed by atoms with Crippen LogP contribution >= 0.6 is 0 Å². The summed E-state index contributed by atoms with van der Waals surface area (Å²) in [6, 6.07) is 5.20. The van der Waals surface area contributed by atoms with Gasteiger partial charge < -0.3 is 21.3 Å². The van der Waals surface area contributed by atoms with Crippen molar-refractivity contribution in [2.75, 3.05) is 0 Å². The molecule has 0 aromatic heterocycles. The van der Waals surface area contributed by atoms with Crippen LogP contribution < -0.4 is 11.1 Å². The zero-order valence-electron chi connectivity index (χ0n) is 11.7. The van der Waals surface area contributed by atoms with Crippen molar-refractivity contribution in [3.05, 3.63) is 29.8 Å². The fourth-order valence-electron chi connectivity index (χ4n) is 2.60. The topological polar surface area (TPSA) is 113 Å². The largest absolute Gasteiger partial charge is 0.508 e. The van der Waals surface area contributed by atoms with E-state index < -0.39 is 23.5 Å². The molecule has 0 spiro atoms. The number of carboxylic acid groups (broad SMARTS) is 1. The molecule has 0 radical (unpaired) electrons. The zero-order chi connectivity index (χ0) is 15.5. The molecule has 6 nitrogen and oxygen atoms in total. The van der Waals surface area contributed by atoms with Gasteiger partial charge in [0.25, 0.3) is 0 Å². The lowest BCUT2D eigenvalue weighted by Gasteiger charge is -2.25. The van der Waals surface area contributed by atoms with Gasteiger partial charge in [0.15, 0.2) is 0 Å². The number of nitrogens with one attached hydrogen (secondary N) is 1. The van der Waals surface area contributed by atoms with Crippen LogP contribution in [0.3, 0.4) is 0 Å². The summed E-state index contributed by atoms with van der Waals surface area (Å²) < 4.78 is 0. The van der Waals surface area contributed by atoms with Gasteiger partial charge >= 0.3 is 5.97 Å². The second-order valence-corrected chi connectivity index (χ2v) is 5.60. The highest BCUT2D eigenvalue weighted by Crippen LogP contribution is 2.27. The number of benzene rings is 1. The van der Waals surface area contributed by atoms with Gasteiger partial charge in [0, 0.05) is 6.42 Å². The Labute approximate surface area is 123 Å². The van der Waals surface area contributed by atoms with Crippen LogP contribution in [0.2, 0.25) is 0 Å². The smallest absolute Gasteiger partial charge is 0.326 e. The van der Waals surface area contributed by atoms with Crippen molar-refractivity contribution in [3.8, 4) is 5.75 Å². The maximum atomic E-state index is 12.2. The first-order chi connectivity index (χ1) is 9.90. The van der Waals surface area contributed by atoms with Crippen molar-refractivity contribution in [2.24, 2.45) is 5.73 Å². The van der Waals surface area contributed by atoms with Gasteiger partial charge in [-0.15, -0.1) is 0 Å². The molecule has 0 bridgehead atoms. The predicted octanol–water partition coefficient (Wildman–Crippen LogP) is 0.776. The molecule has 1 amide bonds. The number of hydrogen-bond acceptors (Lipinski definition) is 4. The lowest BCUT2D eigenvalue weighted by atomic mass is 9.96. The van der Waals surface area contributed by atoms with Crippen LogP contribution in [-0.4, -0.2) is 33.7 Å². The van der Waals surface area contributed by atoms with Gasteiger partial charge in [0.1, 0.15) is 11.8 Å². The van der Waals surface area contributed by atoms with Crippen LogP contribution in [0.5, 0.6) is 5.75 Å². The molecule has 0 aliphatic heterocycles. The Morgan fingerprint density at radius 1 is 1.24 bits per heavy atom. The summed E-state index contributed by atoms with van der Waals surface area (Å²) in [5.74, 6) is -1.38. The highest BCUT2D eigenvalue weighted by atomic mass is 16.4. The Hall–Kier alpha value is -2.08. The zero-order valence-corrected chi connectivity index (χ0v) is 11.7. The number of hydrogen-bond donors (Lipinski definition) is 4. The Balaban J connectivity index is 2.04. The van der Waals surface area contributed by atoms with Crippen molar-refractivity contribution in [3.63, 3.8) is 0 Å². The van der Waals surface area contributed by atoms with Crippen LogP contribution in [-0.2, 0) is 16.0 Å². The normalized spacial score (nSPS) is 18.1. The SMILES string of the molecule is NC1(C(=O)N[C@H](Cc2ccc(O)cc2)C(=O)O)CCCC1. The first-order valence-corrected chi connectivity index (χ1v) is 7.01. The van der Waals surface area contributed by atoms with Crippen LogP contribution in [0.15, 0.2) is 24.3 Å². The number of aliphatic carboxylic acids is 1. The number of phenolic OH excluding ortho intramolecular Hbond substituents is 1. The van der Waals surface area contributed by atoms with Gasteiger partial charge in [-0.05, 0) is 30.5 Å². The molecule has 0 saturated heterocycles. The van der Waals surface area contributed by atoms with Gasteiger partial charge in [-0.1, -0.05) is 25.0 Å². The Bertz CT molecular complexity index is 521. The molecule has 1 aliphatic carbocycles. The van der Waals surface area contributed by atoms with E-state index in [1.54, 1.807) is 12.1 Å². The Morgan fingerprint density at radius 3 is 2.33 bits per heavy atom. The van der Waals surface area contributed by atoms with Crippen molar-refractivity contribution in [2.45, 2.75) is 43.7 Å². The van der Waals surface area contributed by atoms with Crippen molar-refractivity contribution >= 4 is 11.9 Å². The van der Waals surface area contributed by atoms with E-state index >= 15 is 0 Å². The molecule has 0 unspecified atom stereocenters. The van der Waals surface area contributed by atoms with E-state index in [1.165, 1.54) is 12.1 Å². The average molecular weight is 292 g/mol. The molecule has 2 rings (SSSR count). The van der Waals surface area contributed by atoms with Crippen molar-refractivity contribution in [1.29, 1.82) is 0 Å². The monoisotopic (exact) mass is 292 g/mol. The van der Waals surface area contributed by atoms with E-state index in [0.717, 1.165) is 18.4 Å². The van der Waals surface area contributed by atoms with Gasteiger partial charge in [-0.25, -0.2) is 4.79 Å². The molecule has 1 aromatic rings. The minimum absolute atomic E-state index is 0.113. The van der Waals surface area contributed by atoms with Crippen LogP contribution in [0.4, 0.5) is 0 Å². The van der Waals surface area contributed by atoms with E-state index in [2.05, 4.69) is 5.32 Å². The molecule has 114 valence electrons. The van der Waals surface area contributed by atoms with E-state index in [4.69, 9.17) is 5.73 Å². The highest BCUT2D eigenvalue weighted by Gasteiger charge is 2.38. The van der Waals surface area contributed by atoms with Crippen molar-refractivity contribution in [1.82, 2.24) is 5.32 Å². The van der Waals surface area contributed by atoms with Crippen LogP contribution in [0.25, 0.3) is 0 Å². The summed E-state index contributed by atoms with van der Waals surface area (Å²) in [5, 5.41) is 21.0. The van der Waals surface area contributed by atoms with E-state index in [1.807, 2.05) is 0 Å². The second kappa shape index (κ2) is 6.13. The van der Waals surface area contributed by atoms with Crippen molar-refractivity contribution < 1.29 is 19.8 Å². The van der Waals surface area contributed by atoms with E-state index in [0.29, 0.717) is 12.8 Å². The summed E-state index contributed by atoms with van der Waals surface area (Å²) in [5.41, 5.74) is 5.80. The fourth-order valence-corrected chi connectivity index (χ4v) is 2.60. The molecular weight excluding hydrogens is 272 g/mol. The van der Waals surface area contributed by atoms with Crippen LogP contribution in [0, 0.1) is 0 Å². The highest BCUT2D eigenvalue weighted by molar-refractivity contribution is 5.90. The first kappa shape index (κ1) is 15.3. The molecule has 1 fully saturated rings. The van der Waals surface area contributed by atoms with Crippen LogP contribution in [0.1, 0.15) is 31.2 Å².